The van der Waals surface area contributed by atoms with Gasteiger partial charge in [-0.3, -0.25) is 14.3 Å². The number of hydrogen-bond donors (Lipinski definition) is 2. The molecule has 2 amide bonds. The molecule has 5 rings (SSSR count). The lowest BCUT2D eigenvalue weighted by molar-refractivity contribution is 0.0992. The van der Waals surface area contributed by atoms with Gasteiger partial charge in [0.25, 0.3) is 18.2 Å². The van der Waals surface area contributed by atoms with Crippen molar-refractivity contribution >= 4 is 50.7 Å². The van der Waals surface area contributed by atoms with Gasteiger partial charge in [-0.25, -0.2) is 13.8 Å². The number of pyridine rings is 1. The molecule has 0 aliphatic rings. The van der Waals surface area contributed by atoms with E-state index in [2.05, 4.69) is 15.4 Å². The van der Waals surface area contributed by atoms with E-state index in [0.29, 0.717) is 38.7 Å². The van der Waals surface area contributed by atoms with Crippen LogP contribution in [0.5, 0.6) is 5.75 Å². The number of anilines is 1. The van der Waals surface area contributed by atoms with Crippen molar-refractivity contribution in [1.82, 2.24) is 14.8 Å². The molecule has 0 fully saturated rings. The summed E-state index contributed by atoms with van der Waals surface area (Å²) in [5.74, 6) is -0.603. The molecule has 13 heteroatoms. The van der Waals surface area contributed by atoms with Crippen molar-refractivity contribution in [1.29, 1.82) is 0 Å². The highest BCUT2D eigenvalue weighted by molar-refractivity contribution is 7.21. The number of primary amides is 1. The SMILES string of the molecule is Cc1cc(Cl)ccc1OCc1ccc(C(=O)Nc2c(C(N)=O)sc3nc(C(F)F)cc(-c4cn(C)nc4C)c23)o1. The molecule has 1 aromatic carbocycles. The van der Waals surface area contributed by atoms with E-state index in [9.17, 15) is 18.4 Å². The Bertz CT molecular complexity index is 1780. The zero-order valence-corrected chi connectivity index (χ0v) is 23.0. The lowest BCUT2D eigenvalue weighted by Crippen LogP contribution is -2.16. The number of nitrogens with zero attached hydrogens (tertiary/aromatic N) is 3. The number of aromatic nitrogens is 3. The van der Waals surface area contributed by atoms with Gasteiger partial charge >= 0.3 is 0 Å². The average molecular weight is 586 g/mol. The third kappa shape index (κ3) is 5.27. The molecule has 9 nitrogen and oxygen atoms in total. The zero-order chi connectivity index (χ0) is 28.7. The molecule has 4 heterocycles. The van der Waals surface area contributed by atoms with Crippen LogP contribution in [0.4, 0.5) is 14.5 Å². The first-order chi connectivity index (χ1) is 19.0. The Morgan fingerprint density at radius 1 is 1.20 bits per heavy atom. The lowest BCUT2D eigenvalue weighted by Gasteiger charge is -2.10. The highest BCUT2D eigenvalue weighted by Crippen LogP contribution is 2.43. The third-order valence-corrected chi connectivity index (χ3v) is 7.40. The molecule has 206 valence electrons. The minimum Gasteiger partial charge on any atom is -0.485 e. The molecule has 0 saturated carbocycles. The van der Waals surface area contributed by atoms with Crippen LogP contribution in [-0.2, 0) is 13.7 Å². The molecule has 5 aromatic rings. The molecule has 0 unspecified atom stereocenters. The standard InChI is InChI=1S/C27H22ClF2N5O4S/c1-12-8-14(28)4-6-19(12)38-11-15-5-7-20(39-15)26(37)33-22-21-16(17-10-35(3)34-13(17)2)9-18(24(29)30)32-27(21)40-23(22)25(31)36/h4-10,24H,11H2,1-3H3,(H2,31,36)(H,33,37). The van der Waals surface area contributed by atoms with E-state index < -0.39 is 23.9 Å². The van der Waals surface area contributed by atoms with Crippen LogP contribution in [0.1, 0.15) is 49.4 Å². The van der Waals surface area contributed by atoms with Gasteiger partial charge in [-0.05, 0) is 61.4 Å². The summed E-state index contributed by atoms with van der Waals surface area (Å²) >= 11 is 6.80. The monoisotopic (exact) mass is 585 g/mol. The topological polar surface area (TPSA) is 125 Å². The summed E-state index contributed by atoms with van der Waals surface area (Å²) in [7, 11) is 1.69. The van der Waals surface area contributed by atoms with Gasteiger partial charge in [0.15, 0.2) is 5.76 Å². The molecule has 3 N–H and O–H groups in total. The quantitative estimate of drug-likeness (QED) is 0.216. The Morgan fingerprint density at radius 3 is 2.62 bits per heavy atom. The van der Waals surface area contributed by atoms with Crippen molar-refractivity contribution in [3.8, 4) is 16.9 Å². The Balaban J connectivity index is 1.50. The van der Waals surface area contributed by atoms with Gasteiger partial charge in [-0.1, -0.05) is 11.6 Å². The maximum Gasteiger partial charge on any atom is 0.291 e. The number of thiophene rings is 1. The van der Waals surface area contributed by atoms with Crippen molar-refractivity contribution in [3.63, 3.8) is 0 Å². The number of alkyl halides is 2. The molecule has 0 aliphatic heterocycles. The van der Waals surface area contributed by atoms with Gasteiger partial charge in [0.1, 0.15) is 33.5 Å². The summed E-state index contributed by atoms with van der Waals surface area (Å²) < 4.78 is 40.5. The van der Waals surface area contributed by atoms with Crippen LogP contribution in [0.2, 0.25) is 5.02 Å². The molecule has 0 saturated heterocycles. The first-order valence-electron chi connectivity index (χ1n) is 11.9. The first kappa shape index (κ1) is 27.3. The normalized spacial score (nSPS) is 11.4. The van der Waals surface area contributed by atoms with E-state index in [1.807, 2.05) is 6.92 Å². The number of benzene rings is 1. The second-order valence-electron chi connectivity index (χ2n) is 8.97. The summed E-state index contributed by atoms with van der Waals surface area (Å²) in [6, 6.07) is 9.47. The van der Waals surface area contributed by atoms with Gasteiger partial charge in [-0.2, -0.15) is 5.10 Å². The number of nitrogens with one attached hydrogen (secondary N) is 1. The van der Waals surface area contributed by atoms with E-state index >= 15 is 0 Å². The summed E-state index contributed by atoms with van der Waals surface area (Å²) in [4.78, 5) is 29.7. The number of rotatable bonds is 8. The Kier molecular flexibility index (Phi) is 7.30. The average Bonchev–Trinajstić information content (AvgIpc) is 3.60. The number of amides is 2. The maximum absolute atomic E-state index is 13.7. The second kappa shape index (κ2) is 10.7. The van der Waals surface area contributed by atoms with E-state index in [0.717, 1.165) is 16.9 Å². The van der Waals surface area contributed by atoms with Crippen molar-refractivity contribution in [2.24, 2.45) is 12.8 Å². The molecule has 0 bridgehead atoms. The second-order valence-corrected chi connectivity index (χ2v) is 10.4. The lowest BCUT2D eigenvalue weighted by atomic mass is 10.0. The van der Waals surface area contributed by atoms with Crippen LogP contribution in [-0.4, -0.2) is 26.6 Å². The van der Waals surface area contributed by atoms with Gasteiger partial charge < -0.3 is 20.2 Å². The van der Waals surface area contributed by atoms with Crippen LogP contribution < -0.4 is 15.8 Å². The van der Waals surface area contributed by atoms with Crippen molar-refractivity contribution < 1.29 is 27.5 Å². The number of carbonyl (C=O) groups excluding carboxylic acids is 2. The molecule has 4 aromatic heterocycles. The minimum absolute atomic E-state index is 0.0432. The number of nitrogens with two attached hydrogens (primary N) is 1. The predicted molar refractivity (Wildman–Crippen MR) is 147 cm³/mol. The van der Waals surface area contributed by atoms with Crippen LogP contribution in [0.15, 0.2) is 47.0 Å². The predicted octanol–water partition coefficient (Wildman–Crippen LogP) is 6.43. The van der Waals surface area contributed by atoms with Crippen LogP contribution >= 0.6 is 22.9 Å². The molecule has 0 atom stereocenters. The molecule has 0 radical (unpaired) electrons. The van der Waals surface area contributed by atoms with Gasteiger partial charge in [-0.15, -0.1) is 11.3 Å². The fourth-order valence-corrected chi connectivity index (χ4v) is 5.52. The Morgan fingerprint density at radius 2 is 1.98 bits per heavy atom. The summed E-state index contributed by atoms with van der Waals surface area (Å²) in [5.41, 5.74) is 7.45. The van der Waals surface area contributed by atoms with Crippen molar-refractivity contribution in [2.75, 3.05) is 5.32 Å². The zero-order valence-electron chi connectivity index (χ0n) is 21.4. The Hall–Kier alpha value is -4.29. The van der Waals surface area contributed by atoms with Crippen molar-refractivity contribution in [2.45, 2.75) is 26.9 Å². The summed E-state index contributed by atoms with van der Waals surface area (Å²) in [5, 5.41) is 7.86. The summed E-state index contributed by atoms with van der Waals surface area (Å²) in [6.07, 6.45) is -1.20. The number of carbonyl (C=O) groups is 2. The molecule has 40 heavy (non-hydrogen) atoms. The molecule has 0 spiro atoms. The molecular weight excluding hydrogens is 564 g/mol. The number of ether oxygens (including phenoxy) is 1. The molecular formula is C27H22ClF2N5O4S. The first-order valence-corrected chi connectivity index (χ1v) is 13.1. The highest BCUT2D eigenvalue weighted by Gasteiger charge is 2.27. The van der Waals surface area contributed by atoms with E-state index in [4.69, 9.17) is 26.5 Å². The number of aryl methyl sites for hydroxylation is 3. The highest BCUT2D eigenvalue weighted by atomic mass is 35.5. The fourth-order valence-electron chi connectivity index (χ4n) is 4.27. The van der Waals surface area contributed by atoms with Crippen LogP contribution in [0.3, 0.4) is 0 Å². The summed E-state index contributed by atoms with van der Waals surface area (Å²) in [6.45, 7) is 3.62. The number of furan rings is 1. The van der Waals surface area contributed by atoms with Crippen LogP contribution in [0.25, 0.3) is 21.3 Å². The largest absolute Gasteiger partial charge is 0.485 e. The number of halogens is 3. The van der Waals surface area contributed by atoms with Crippen LogP contribution in [0, 0.1) is 13.8 Å². The fraction of sp³-hybridized carbons (Fsp3) is 0.185. The third-order valence-electron chi connectivity index (χ3n) is 6.06. The van der Waals surface area contributed by atoms with E-state index in [1.54, 1.807) is 44.4 Å². The Labute approximate surface area is 235 Å². The minimum atomic E-state index is -2.86. The maximum atomic E-state index is 13.7. The van der Waals surface area contributed by atoms with Gasteiger partial charge in [0.2, 0.25) is 0 Å². The van der Waals surface area contributed by atoms with E-state index in [-0.39, 0.29) is 27.8 Å². The van der Waals surface area contributed by atoms with E-state index in [1.165, 1.54) is 16.8 Å². The van der Waals surface area contributed by atoms with Gasteiger partial charge in [0.05, 0.1) is 11.4 Å². The number of hydrogen-bond acceptors (Lipinski definition) is 7. The smallest absolute Gasteiger partial charge is 0.291 e. The number of fused-ring (bicyclic) bond motifs is 1. The van der Waals surface area contributed by atoms with Crippen molar-refractivity contribution in [3.05, 3.63) is 81.0 Å². The van der Waals surface area contributed by atoms with Gasteiger partial charge in [0, 0.05) is 29.2 Å². The molecule has 0 aliphatic carbocycles.